The average molecular weight is 455 g/mol. The molecule has 3 aromatic rings. The van der Waals surface area contributed by atoms with Crippen LogP contribution in [0.25, 0.3) is 0 Å². The van der Waals surface area contributed by atoms with Gasteiger partial charge in [-0.25, -0.2) is 4.99 Å². The quantitative estimate of drug-likeness (QED) is 0.295. The molecule has 0 unspecified atom stereocenters. The predicted octanol–water partition coefficient (Wildman–Crippen LogP) is 6.68. The van der Waals surface area contributed by atoms with Gasteiger partial charge in [-0.15, -0.1) is 0 Å². The van der Waals surface area contributed by atoms with Crippen molar-refractivity contribution in [3.05, 3.63) is 63.9 Å². The first-order chi connectivity index (χ1) is 14.8. The van der Waals surface area contributed by atoms with Crippen molar-refractivity contribution in [1.29, 1.82) is 0 Å². The van der Waals surface area contributed by atoms with Crippen LogP contribution in [0.1, 0.15) is 49.2 Å². The zero-order valence-electron chi connectivity index (χ0n) is 18.5. The molecule has 1 saturated carbocycles. The minimum atomic E-state index is -0.103. The van der Waals surface area contributed by atoms with E-state index in [1.54, 1.807) is 0 Å². The molecule has 1 fully saturated rings. The molecule has 4 rings (SSSR count). The van der Waals surface area contributed by atoms with Gasteiger partial charge < -0.3 is 9.64 Å². The zero-order valence-corrected chi connectivity index (χ0v) is 20.1. The van der Waals surface area contributed by atoms with Crippen molar-refractivity contribution >= 4 is 35.2 Å². The number of hydrogen-bond acceptors (Lipinski definition) is 5. The first kappa shape index (κ1) is 21.8. The van der Waals surface area contributed by atoms with Gasteiger partial charge >= 0.3 is 0 Å². The number of halogens is 1. The van der Waals surface area contributed by atoms with E-state index in [0.717, 1.165) is 46.3 Å². The summed E-state index contributed by atoms with van der Waals surface area (Å²) in [4.78, 5) is 11.4. The molecule has 1 aliphatic carbocycles. The number of aryl methyl sites for hydroxylation is 2. The molecular weight excluding hydrogens is 428 g/mol. The normalized spacial score (nSPS) is 14.9. The van der Waals surface area contributed by atoms with Crippen molar-refractivity contribution in [2.24, 2.45) is 4.99 Å². The summed E-state index contributed by atoms with van der Waals surface area (Å²) in [6.45, 7) is 8.34. The van der Waals surface area contributed by atoms with Crippen LogP contribution >= 0.6 is 23.1 Å². The Labute approximate surface area is 192 Å². The third-order valence-corrected chi connectivity index (χ3v) is 6.71. The van der Waals surface area contributed by atoms with Crippen LogP contribution in [-0.2, 0) is 5.41 Å². The average Bonchev–Trinajstić information content (AvgIpc) is 3.41. The number of nitrogens with zero attached hydrogens (tertiary/aromatic N) is 4. The largest absolute Gasteiger partial charge is 0.430 e. The fraction of sp³-hybridized carbons (Fsp3) is 0.375. The smallest absolute Gasteiger partial charge is 0.298 e. The number of ether oxygens (including phenoxy) is 1. The molecule has 0 amide bonds. The monoisotopic (exact) mass is 454 g/mol. The number of benzene rings is 2. The maximum atomic E-state index is 6.13. The minimum Gasteiger partial charge on any atom is -0.430 e. The van der Waals surface area contributed by atoms with Crippen molar-refractivity contribution < 1.29 is 4.74 Å². The molecular formula is C24H27ClN4OS. The van der Waals surface area contributed by atoms with Gasteiger partial charge in [-0.2, -0.15) is 9.36 Å². The summed E-state index contributed by atoms with van der Waals surface area (Å²) in [5.74, 6) is 1.62. The van der Waals surface area contributed by atoms with Gasteiger partial charge in [0.15, 0.2) is 5.82 Å². The van der Waals surface area contributed by atoms with Gasteiger partial charge in [0.05, 0.1) is 17.4 Å². The van der Waals surface area contributed by atoms with E-state index in [-0.39, 0.29) is 5.41 Å². The molecule has 0 spiro atoms. The van der Waals surface area contributed by atoms with Crippen molar-refractivity contribution in [3.63, 3.8) is 0 Å². The van der Waals surface area contributed by atoms with E-state index in [4.69, 9.17) is 21.3 Å². The van der Waals surface area contributed by atoms with E-state index in [1.165, 1.54) is 17.1 Å². The molecule has 0 atom stereocenters. The third-order valence-electron chi connectivity index (χ3n) is 5.87. The Morgan fingerprint density at radius 1 is 1.16 bits per heavy atom. The van der Waals surface area contributed by atoms with Gasteiger partial charge in [0.25, 0.3) is 5.19 Å². The van der Waals surface area contributed by atoms with Gasteiger partial charge in [-0.05, 0) is 81.5 Å². The Bertz CT molecular complexity index is 1100. The maximum absolute atomic E-state index is 6.13. The van der Waals surface area contributed by atoms with Crippen LogP contribution in [-0.4, -0.2) is 33.7 Å². The molecule has 1 heterocycles. The maximum Gasteiger partial charge on any atom is 0.298 e. The lowest BCUT2D eigenvalue weighted by Gasteiger charge is -2.17. The SMILES string of the molecule is Cc1cc(Oc2nc(C3(c4ccc(Cl)cc4)CC3)ns2)c(C)cc1/N=C\N(C)C(C)C. The Morgan fingerprint density at radius 3 is 2.52 bits per heavy atom. The minimum absolute atomic E-state index is 0.103. The number of aromatic nitrogens is 2. The van der Waals surface area contributed by atoms with E-state index < -0.39 is 0 Å². The highest BCUT2D eigenvalue weighted by molar-refractivity contribution is 7.07. The summed E-state index contributed by atoms with van der Waals surface area (Å²) in [6, 6.07) is 12.5. The Morgan fingerprint density at radius 2 is 1.87 bits per heavy atom. The van der Waals surface area contributed by atoms with Crippen molar-refractivity contribution in [2.45, 2.75) is 52.0 Å². The summed E-state index contributed by atoms with van der Waals surface area (Å²) in [7, 11) is 2.03. The Balaban J connectivity index is 1.52. The Kier molecular flexibility index (Phi) is 6.04. The van der Waals surface area contributed by atoms with Gasteiger partial charge in [0, 0.05) is 29.6 Å². The summed E-state index contributed by atoms with van der Waals surface area (Å²) in [5.41, 5.74) is 4.12. The second-order valence-electron chi connectivity index (χ2n) is 8.48. The third kappa shape index (κ3) is 4.60. The molecule has 1 aromatic heterocycles. The number of aliphatic imine (C=N–C) groups is 1. The van der Waals surface area contributed by atoms with E-state index in [2.05, 4.69) is 40.2 Å². The highest BCUT2D eigenvalue weighted by Gasteiger charge is 2.49. The Hall–Kier alpha value is -2.44. The van der Waals surface area contributed by atoms with Gasteiger partial charge in [0.2, 0.25) is 0 Å². The summed E-state index contributed by atoms with van der Waals surface area (Å²) in [5, 5.41) is 1.30. The lowest BCUT2D eigenvalue weighted by molar-refractivity contribution is 0.429. The van der Waals surface area contributed by atoms with E-state index in [1.807, 2.05) is 51.5 Å². The van der Waals surface area contributed by atoms with E-state index >= 15 is 0 Å². The molecule has 0 saturated heterocycles. The van der Waals surface area contributed by atoms with Gasteiger partial charge in [0.1, 0.15) is 5.75 Å². The molecule has 5 nitrogen and oxygen atoms in total. The summed E-state index contributed by atoms with van der Waals surface area (Å²) >= 11 is 7.35. The molecule has 31 heavy (non-hydrogen) atoms. The van der Waals surface area contributed by atoms with Crippen LogP contribution in [0.5, 0.6) is 10.9 Å². The molecule has 1 aliphatic rings. The lowest BCUT2D eigenvalue weighted by Crippen LogP contribution is -2.24. The number of rotatable bonds is 7. The van der Waals surface area contributed by atoms with Crippen LogP contribution in [0.3, 0.4) is 0 Å². The molecule has 0 bridgehead atoms. The lowest BCUT2D eigenvalue weighted by atomic mass is 9.95. The fourth-order valence-electron chi connectivity index (χ4n) is 3.38. The molecule has 162 valence electrons. The van der Waals surface area contributed by atoms with Gasteiger partial charge in [-0.3, -0.25) is 0 Å². The van der Waals surface area contributed by atoms with Crippen LogP contribution < -0.4 is 4.74 Å². The fourth-order valence-corrected chi connectivity index (χ4v) is 4.15. The molecule has 2 aromatic carbocycles. The second-order valence-corrected chi connectivity index (χ2v) is 9.63. The second kappa shape index (κ2) is 8.60. The van der Waals surface area contributed by atoms with Crippen molar-refractivity contribution in [3.8, 4) is 10.9 Å². The topological polar surface area (TPSA) is 50.6 Å². The summed E-state index contributed by atoms with van der Waals surface area (Å²) in [6.07, 6.45) is 3.96. The highest BCUT2D eigenvalue weighted by atomic mass is 35.5. The van der Waals surface area contributed by atoms with Crippen LogP contribution in [0, 0.1) is 13.8 Å². The van der Waals surface area contributed by atoms with E-state index in [9.17, 15) is 0 Å². The standard InChI is InChI=1S/C24H27ClN4OS/c1-15(2)29(5)14-26-20-12-17(4)21(13-16(20)3)30-23-27-22(28-31-23)24(10-11-24)18-6-8-19(25)9-7-18/h6-9,12-15H,10-11H2,1-5H3/b26-14-. The first-order valence-corrected chi connectivity index (χ1v) is 11.6. The highest BCUT2D eigenvalue weighted by Crippen LogP contribution is 2.53. The first-order valence-electron chi connectivity index (χ1n) is 10.4. The van der Waals surface area contributed by atoms with Crippen molar-refractivity contribution in [1.82, 2.24) is 14.3 Å². The molecule has 7 heteroatoms. The summed E-state index contributed by atoms with van der Waals surface area (Å²) < 4.78 is 10.8. The van der Waals surface area contributed by atoms with Gasteiger partial charge in [-0.1, -0.05) is 23.7 Å². The zero-order chi connectivity index (χ0) is 22.2. The molecule has 0 N–H and O–H groups in total. The molecule has 0 aliphatic heterocycles. The van der Waals surface area contributed by atoms with E-state index in [0.29, 0.717) is 11.2 Å². The molecule has 0 radical (unpaired) electrons. The van der Waals surface area contributed by atoms with Crippen molar-refractivity contribution in [2.75, 3.05) is 7.05 Å². The van der Waals surface area contributed by atoms with Crippen LogP contribution in [0.15, 0.2) is 41.4 Å². The predicted molar refractivity (Wildman–Crippen MR) is 128 cm³/mol. The number of hydrogen-bond donors (Lipinski definition) is 0. The van der Waals surface area contributed by atoms with Crippen LogP contribution in [0.2, 0.25) is 5.02 Å². The van der Waals surface area contributed by atoms with Crippen LogP contribution in [0.4, 0.5) is 5.69 Å².